The lowest BCUT2D eigenvalue weighted by atomic mass is 10.2. The molecule has 104 valence electrons. The number of sulfonamides is 1. The van der Waals surface area contributed by atoms with Gasteiger partial charge in [0.1, 0.15) is 6.54 Å². The lowest BCUT2D eigenvalue weighted by Crippen LogP contribution is -2.29. The molecule has 1 N–H and O–H groups in total. The smallest absolute Gasteiger partial charge is 0.321 e. The number of carbonyl (C=O) groups excluding carboxylic acids is 1. The Hall–Kier alpha value is -1.66. The van der Waals surface area contributed by atoms with E-state index in [1.807, 2.05) is 25.1 Å². The third-order valence-corrected chi connectivity index (χ3v) is 3.17. The molecule has 19 heavy (non-hydrogen) atoms. The van der Waals surface area contributed by atoms with Crippen molar-refractivity contribution in [2.45, 2.75) is 13.3 Å². The fourth-order valence-corrected chi connectivity index (χ4v) is 1.96. The van der Waals surface area contributed by atoms with Crippen molar-refractivity contribution in [1.29, 1.82) is 0 Å². The first-order valence-corrected chi connectivity index (χ1v) is 7.46. The van der Waals surface area contributed by atoms with E-state index in [2.05, 4.69) is 4.72 Å². The van der Waals surface area contributed by atoms with E-state index in [4.69, 9.17) is 4.74 Å². The van der Waals surface area contributed by atoms with Crippen molar-refractivity contribution in [3.63, 3.8) is 0 Å². The number of hydrogen-bond acceptors (Lipinski definition) is 4. The van der Waals surface area contributed by atoms with Gasteiger partial charge in [-0.05, 0) is 18.1 Å². The molecule has 1 rings (SSSR count). The van der Waals surface area contributed by atoms with E-state index in [0.29, 0.717) is 13.0 Å². The Morgan fingerprint density at radius 1 is 1.32 bits per heavy atom. The van der Waals surface area contributed by atoms with Gasteiger partial charge in [-0.1, -0.05) is 37.3 Å². The van der Waals surface area contributed by atoms with Crippen LogP contribution in [0.5, 0.6) is 0 Å². The van der Waals surface area contributed by atoms with Crippen LogP contribution in [0.4, 0.5) is 0 Å². The van der Waals surface area contributed by atoms with Gasteiger partial charge in [0.15, 0.2) is 0 Å². The number of esters is 1. The van der Waals surface area contributed by atoms with Gasteiger partial charge in [-0.15, -0.1) is 0 Å². The van der Waals surface area contributed by atoms with E-state index in [9.17, 15) is 13.2 Å². The summed E-state index contributed by atoms with van der Waals surface area (Å²) in [6, 6.07) is 9.01. The summed E-state index contributed by atoms with van der Waals surface area (Å²) in [6.07, 6.45) is 2.16. The summed E-state index contributed by atoms with van der Waals surface area (Å²) in [5.41, 5.74) is 0.765. The van der Waals surface area contributed by atoms with Gasteiger partial charge in [-0.25, -0.2) is 13.1 Å². The number of carbonyl (C=O) groups is 1. The summed E-state index contributed by atoms with van der Waals surface area (Å²) in [6.45, 7) is 1.79. The number of nitrogens with one attached hydrogen (secondary N) is 1. The quantitative estimate of drug-likeness (QED) is 0.770. The largest absolute Gasteiger partial charge is 0.465 e. The van der Waals surface area contributed by atoms with Crippen LogP contribution in [-0.4, -0.2) is 27.5 Å². The van der Waals surface area contributed by atoms with E-state index in [-0.39, 0.29) is 6.54 Å². The summed E-state index contributed by atoms with van der Waals surface area (Å²) in [7, 11) is -3.63. The molecular formula is C13H17NO4S. The molecular weight excluding hydrogens is 266 g/mol. The zero-order valence-corrected chi connectivity index (χ0v) is 11.5. The van der Waals surface area contributed by atoms with Crippen LogP contribution in [0.3, 0.4) is 0 Å². The Labute approximate surface area is 113 Å². The van der Waals surface area contributed by atoms with Crippen molar-refractivity contribution in [2.24, 2.45) is 0 Å². The Morgan fingerprint density at radius 2 is 2.00 bits per heavy atom. The van der Waals surface area contributed by atoms with E-state index < -0.39 is 16.0 Å². The molecule has 0 atom stereocenters. The third kappa shape index (κ3) is 6.73. The van der Waals surface area contributed by atoms with Crippen molar-refractivity contribution in [3.8, 4) is 0 Å². The van der Waals surface area contributed by atoms with Crippen LogP contribution in [-0.2, 0) is 19.6 Å². The van der Waals surface area contributed by atoms with Gasteiger partial charge in [-0.3, -0.25) is 4.79 Å². The van der Waals surface area contributed by atoms with Crippen LogP contribution in [0.25, 0.3) is 6.08 Å². The zero-order valence-electron chi connectivity index (χ0n) is 10.7. The average Bonchev–Trinajstić information content (AvgIpc) is 2.42. The third-order valence-electron chi connectivity index (χ3n) is 2.12. The van der Waals surface area contributed by atoms with Crippen molar-refractivity contribution in [1.82, 2.24) is 4.72 Å². The summed E-state index contributed by atoms with van der Waals surface area (Å²) < 4.78 is 30.1. The van der Waals surface area contributed by atoms with E-state index in [0.717, 1.165) is 11.0 Å². The molecule has 0 saturated heterocycles. The molecule has 0 aliphatic heterocycles. The maximum absolute atomic E-state index is 11.6. The number of ether oxygens (including phenoxy) is 1. The first kappa shape index (κ1) is 15.4. The van der Waals surface area contributed by atoms with E-state index in [1.54, 1.807) is 12.1 Å². The fraction of sp³-hybridized carbons (Fsp3) is 0.308. The molecule has 0 aliphatic carbocycles. The van der Waals surface area contributed by atoms with E-state index >= 15 is 0 Å². The van der Waals surface area contributed by atoms with Crippen LogP contribution >= 0.6 is 0 Å². The molecule has 0 unspecified atom stereocenters. The summed E-state index contributed by atoms with van der Waals surface area (Å²) in [5.74, 6) is -0.585. The second-order valence-corrected chi connectivity index (χ2v) is 5.45. The van der Waals surface area contributed by atoms with Crippen molar-refractivity contribution >= 4 is 22.1 Å². The van der Waals surface area contributed by atoms with Crippen LogP contribution in [0.15, 0.2) is 35.7 Å². The molecule has 1 aromatic rings. The molecule has 0 aromatic heterocycles. The number of rotatable bonds is 7. The minimum atomic E-state index is -3.63. The number of hydrogen-bond donors (Lipinski definition) is 1. The SMILES string of the molecule is CCCOC(=O)CNS(=O)(=O)/C=C/c1ccccc1. The maximum Gasteiger partial charge on any atom is 0.321 e. The van der Waals surface area contributed by atoms with Gasteiger partial charge >= 0.3 is 5.97 Å². The highest BCUT2D eigenvalue weighted by atomic mass is 32.2. The van der Waals surface area contributed by atoms with Crippen LogP contribution < -0.4 is 4.72 Å². The van der Waals surface area contributed by atoms with Crippen molar-refractivity contribution in [2.75, 3.05) is 13.2 Å². The highest BCUT2D eigenvalue weighted by Crippen LogP contribution is 2.02. The van der Waals surface area contributed by atoms with Crippen molar-refractivity contribution in [3.05, 3.63) is 41.3 Å². The minimum Gasteiger partial charge on any atom is -0.465 e. The molecule has 0 heterocycles. The lowest BCUT2D eigenvalue weighted by Gasteiger charge is -2.03. The summed E-state index contributed by atoms with van der Waals surface area (Å²) in [4.78, 5) is 11.1. The predicted octanol–water partition coefficient (Wildman–Crippen LogP) is 1.53. The summed E-state index contributed by atoms with van der Waals surface area (Å²) >= 11 is 0. The molecule has 0 saturated carbocycles. The van der Waals surface area contributed by atoms with E-state index in [1.165, 1.54) is 6.08 Å². The first-order chi connectivity index (χ1) is 9.03. The van der Waals surface area contributed by atoms with Gasteiger partial charge in [0.05, 0.1) is 6.61 Å². The molecule has 5 nitrogen and oxygen atoms in total. The highest BCUT2D eigenvalue weighted by Gasteiger charge is 2.09. The fourth-order valence-electron chi connectivity index (χ4n) is 1.21. The monoisotopic (exact) mass is 283 g/mol. The normalized spacial score (nSPS) is 11.6. The Balaban J connectivity index is 2.48. The van der Waals surface area contributed by atoms with Gasteiger partial charge in [0.2, 0.25) is 10.0 Å². The summed E-state index contributed by atoms with van der Waals surface area (Å²) in [5, 5.41) is 1.02. The molecule has 6 heteroatoms. The van der Waals surface area contributed by atoms with Gasteiger partial charge in [0, 0.05) is 5.41 Å². The van der Waals surface area contributed by atoms with Gasteiger partial charge in [-0.2, -0.15) is 0 Å². The van der Waals surface area contributed by atoms with Crippen molar-refractivity contribution < 1.29 is 17.9 Å². The molecule has 1 aromatic carbocycles. The molecule has 0 bridgehead atoms. The number of benzene rings is 1. The molecule has 0 fully saturated rings. The molecule has 0 amide bonds. The van der Waals surface area contributed by atoms with Gasteiger partial charge < -0.3 is 4.74 Å². The standard InChI is InChI=1S/C13H17NO4S/c1-2-9-18-13(15)11-14-19(16,17)10-8-12-6-4-3-5-7-12/h3-8,10,14H,2,9,11H2,1H3/b10-8+. The Morgan fingerprint density at radius 3 is 2.63 bits per heavy atom. The average molecular weight is 283 g/mol. The van der Waals surface area contributed by atoms with Crippen LogP contribution in [0.2, 0.25) is 0 Å². The van der Waals surface area contributed by atoms with Crippen LogP contribution in [0, 0.1) is 0 Å². The molecule has 0 spiro atoms. The lowest BCUT2D eigenvalue weighted by molar-refractivity contribution is -0.142. The first-order valence-electron chi connectivity index (χ1n) is 5.92. The second kappa shape index (κ2) is 7.70. The topological polar surface area (TPSA) is 72.5 Å². The Kier molecular flexibility index (Phi) is 6.24. The molecule has 0 aliphatic rings. The Bertz CT molecular complexity index is 523. The maximum atomic E-state index is 11.6. The minimum absolute atomic E-state index is 0.292. The van der Waals surface area contributed by atoms with Gasteiger partial charge in [0.25, 0.3) is 0 Å². The highest BCUT2D eigenvalue weighted by molar-refractivity contribution is 7.92. The zero-order chi connectivity index (χ0) is 14.1. The van der Waals surface area contributed by atoms with Crippen LogP contribution in [0.1, 0.15) is 18.9 Å². The second-order valence-electron chi connectivity index (χ2n) is 3.80. The molecule has 0 radical (unpaired) electrons. The predicted molar refractivity (Wildman–Crippen MR) is 73.6 cm³/mol.